The smallest absolute Gasteiger partial charge is 0.327 e. The van der Waals surface area contributed by atoms with Gasteiger partial charge < -0.3 is 9.47 Å². The van der Waals surface area contributed by atoms with E-state index in [0.29, 0.717) is 0 Å². The predicted octanol–water partition coefficient (Wildman–Crippen LogP) is 3.37. The van der Waals surface area contributed by atoms with Gasteiger partial charge in [0.25, 0.3) is 0 Å². The van der Waals surface area contributed by atoms with Crippen LogP contribution in [0.15, 0.2) is 12.3 Å². The van der Waals surface area contributed by atoms with E-state index in [4.69, 9.17) is 11.6 Å². The Balaban J connectivity index is 2.11. The average molecular weight is 319 g/mol. The molecule has 0 unspecified atom stereocenters. The van der Waals surface area contributed by atoms with Crippen LogP contribution in [0, 0.1) is 0 Å². The number of halogens is 4. The Kier molecular flexibility index (Phi) is 3.57. The third-order valence-corrected chi connectivity index (χ3v) is 4.14. The van der Waals surface area contributed by atoms with Gasteiger partial charge in [0.1, 0.15) is 5.56 Å². The second-order valence-electron chi connectivity index (χ2n) is 5.38. The molecule has 114 valence electrons. The lowest BCUT2D eigenvalue weighted by Crippen LogP contribution is -2.33. The van der Waals surface area contributed by atoms with Gasteiger partial charge in [-0.15, -0.1) is 10.2 Å². The van der Waals surface area contributed by atoms with Crippen molar-refractivity contribution in [2.75, 3.05) is 20.1 Å². The Bertz CT molecular complexity index is 667. The summed E-state index contributed by atoms with van der Waals surface area (Å²) in [6.45, 7) is 1.79. The zero-order valence-electron chi connectivity index (χ0n) is 11.4. The Labute approximate surface area is 124 Å². The van der Waals surface area contributed by atoms with Gasteiger partial charge in [0, 0.05) is 24.2 Å². The summed E-state index contributed by atoms with van der Waals surface area (Å²) >= 11 is 5.59. The van der Waals surface area contributed by atoms with Crippen LogP contribution >= 0.6 is 11.6 Å². The summed E-state index contributed by atoms with van der Waals surface area (Å²) in [7, 11) is 2.00. The molecule has 3 rings (SSSR count). The fourth-order valence-corrected chi connectivity index (χ4v) is 3.17. The Morgan fingerprint density at radius 2 is 2.10 bits per heavy atom. The number of rotatable bonds is 1. The lowest BCUT2D eigenvalue weighted by molar-refractivity contribution is -0.136. The Morgan fingerprint density at radius 3 is 2.76 bits per heavy atom. The molecule has 0 amide bonds. The van der Waals surface area contributed by atoms with E-state index in [0.717, 1.165) is 25.9 Å². The van der Waals surface area contributed by atoms with E-state index in [1.807, 2.05) is 7.05 Å². The normalized spacial score (nSPS) is 21.1. The van der Waals surface area contributed by atoms with Crippen LogP contribution in [0.5, 0.6) is 0 Å². The molecule has 8 heteroatoms. The van der Waals surface area contributed by atoms with Crippen molar-refractivity contribution in [1.29, 1.82) is 0 Å². The van der Waals surface area contributed by atoms with Gasteiger partial charge in [0.05, 0.1) is 0 Å². The summed E-state index contributed by atoms with van der Waals surface area (Å²) in [5.41, 5.74) is -0.663. The molecular formula is C13H14ClF3N4. The van der Waals surface area contributed by atoms with E-state index in [1.54, 1.807) is 10.8 Å². The second-order valence-corrected chi connectivity index (χ2v) is 5.74. The molecule has 3 heterocycles. The van der Waals surface area contributed by atoms with Gasteiger partial charge in [-0.2, -0.15) is 13.2 Å². The van der Waals surface area contributed by atoms with Gasteiger partial charge in [-0.3, -0.25) is 0 Å². The topological polar surface area (TPSA) is 34.0 Å². The van der Waals surface area contributed by atoms with Crippen LogP contribution in [0.2, 0.25) is 5.15 Å². The van der Waals surface area contributed by atoms with Gasteiger partial charge in [0.2, 0.25) is 0 Å². The maximum atomic E-state index is 13.1. The molecule has 0 radical (unpaired) electrons. The molecule has 4 nitrogen and oxygen atoms in total. The quantitative estimate of drug-likeness (QED) is 0.808. The minimum Gasteiger partial charge on any atom is -0.327 e. The van der Waals surface area contributed by atoms with Gasteiger partial charge in [-0.05, 0) is 32.5 Å². The first-order chi connectivity index (χ1) is 9.88. The number of alkyl halides is 3. The minimum atomic E-state index is -4.54. The molecule has 1 atom stereocenters. The first-order valence-electron chi connectivity index (χ1n) is 6.66. The van der Waals surface area contributed by atoms with Gasteiger partial charge in [-0.1, -0.05) is 11.6 Å². The first kappa shape index (κ1) is 14.6. The number of fused-ring (bicyclic) bond motifs is 1. The summed E-state index contributed by atoms with van der Waals surface area (Å²) in [6, 6.07) is 1.53. The lowest BCUT2D eigenvalue weighted by atomic mass is 10.1. The van der Waals surface area contributed by atoms with E-state index in [2.05, 4.69) is 15.1 Å². The number of nitrogens with zero attached hydrogens (tertiary/aromatic N) is 4. The number of hydrogen-bond donors (Lipinski definition) is 0. The monoisotopic (exact) mass is 318 g/mol. The van der Waals surface area contributed by atoms with Crippen LogP contribution < -0.4 is 0 Å². The number of hydrogen-bond acceptors (Lipinski definition) is 3. The fraction of sp³-hybridized carbons (Fsp3) is 0.538. The van der Waals surface area contributed by atoms with Crippen LogP contribution in [0.3, 0.4) is 0 Å². The van der Waals surface area contributed by atoms with Crippen molar-refractivity contribution in [2.45, 2.75) is 25.1 Å². The molecule has 0 aromatic carbocycles. The maximum absolute atomic E-state index is 13.1. The predicted molar refractivity (Wildman–Crippen MR) is 73.3 cm³/mol. The summed E-state index contributed by atoms with van der Waals surface area (Å²) in [5.74, 6) is 0. The summed E-state index contributed by atoms with van der Waals surface area (Å²) in [5, 5.41) is 6.77. The Morgan fingerprint density at radius 1 is 1.33 bits per heavy atom. The highest BCUT2D eigenvalue weighted by Crippen LogP contribution is 2.39. The molecule has 0 saturated carbocycles. The van der Waals surface area contributed by atoms with E-state index in [1.165, 1.54) is 6.07 Å². The second kappa shape index (κ2) is 5.14. The lowest BCUT2D eigenvalue weighted by Gasteiger charge is -2.30. The number of likely N-dealkylation sites (N-methyl/N-ethyl adjacent to an activating group) is 1. The van der Waals surface area contributed by atoms with E-state index in [9.17, 15) is 13.2 Å². The zero-order chi connectivity index (χ0) is 15.2. The summed E-state index contributed by atoms with van der Waals surface area (Å²) < 4.78 is 41.1. The highest BCUT2D eigenvalue weighted by molar-refractivity contribution is 6.31. The third kappa shape index (κ3) is 2.60. The van der Waals surface area contributed by atoms with Crippen molar-refractivity contribution in [2.24, 2.45) is 0 Å². The highest BCUT2D eigenvalue weighted by Gasteiger charge is 2.37. The molecule has 2 aromatic heterocycles. The molecule has 0 aliphatic carbocycles. The molecule has 0 bridgehead atoms. The molecule has 1 aliphatic rings. The van der Waals surface area contributed by atoms with Crippen LogP contribution in [0.1, 0.15) is 24.4 Å². The van der Waals surface area contributed by atoms with Crippen molar-refractivity contribution in [3.05, 3.63) is 23.0 Å². The van der Waals surface area contributed by atoms with Gasteiger partial charge >= 0.3 is 6.18 Å². The van der Waals surface area contributed by atoms with Gasteiger partial charge in [0.15, 0.2) is 10.8 Å². The molecule has 2 aromatic rings. The van der Waals surface area contributed by atoms with Crippen LogP contribution in [-0.4, -0.2) is 39.8 Å². The number of piperidine rings is 1. The summed E-state index contributed by atoms with van der Waals surface area (Å²) in [4.78, 5) is 2.16. The maximum Gasteiger partial charge on any atom is 0.420 e. The van der Waals surface area contributed by atoms with Crippen LogP contribution in [-0.2, 0) is 6.18 Å². The number of likely N-dealkylation sites (tertiary alicyclic amines) is 1. The summed E-state index contributed by atoms with van der Waals surface area (Å²) in [6.07, 6.45) is -0.969. The first-order valence-corrected chi connectivity index (χ1v) is 7.04. The SMILES string of the molecule is CN1CCC[C@@H](n2ccc3c(C(F)(F)F)c(Cl)nnc32)C1. The molecule has 1 aliphatic heterocycles. The van der Waals surface area contributed by atoms with Crippen molar-refractivity contribution in [1.82, 2.24) is 19.7 Å². The average Bonchev–Trinajstić information content (AvgIpc) is 2.80. The van der Waals surface area contributed by atoms with Crippen molar-refractivity contribution in [3.63, 3.8) is 0 Å². The highest BCUT2D eigenvalue weighted by atomic mass is 35.5. The van der Waals surface area contributed by atoms with Crippen molar-refractivity contribution >= 4 is 22.6 Å². The van der Waals surface area contributed by atoms with E-state index < -0.39 is 16.9 Å². The van der Waals surface area contributed by atoms with E-state index >= 15 is 0 Å². The minimum absolute atomic E-state index is 0.00993. The largest absolute Gasteiger partial charge is 0.420 e. The van der Waals surface area contributed by atoms with Gasteiger partial charge in [-0.25, -0.2) is 0 Å². The third-order valence-electron chi connectivity index (χ3n) is 3.87. The van der Waals surface area contributed by atoms with Crippen molar-refractivity contribution < 1.29 is 13.2 Å². The molecule has 1 saturated heterocycles. The number of aromatic nitrogens is 3. The molecule has 0 spiro atoms. The molecular weight excluding hydrogens is 305 g/mol. The van der Waals surface area contributed by atoms with E-state index in [-0.39, 0.29) is 17.1 Å². The van der Waals surface area contributed by atoms with Crippen LogP contribution in [0.4, 0.5) is 13.2 Å². The molecule has 21 heavy (non-hydrogen) atoms. The fourth-order valence-electron chi connectivity index (χ4n) is 2.92. The zero-order valence-corrected chi connectivity index (χ0v) is 12.1. The Hall–Kier alpha value is -1.34. The van der Waals surface area contributed by atoms with Crippen LogP contribution in [0.25, 0.3) is 11.0 Å². The van der Waals surface area contributed by atoms with Crippen molar-refractivity contribution in [3.8, 4) is 0 Å². The molecule has 0 N–H and O–H groups in total. The standard InChI is InChI=1S/C13H14ClF3N4/c1-20-5-2-3-8(7-20)21-6-4-9-10(13(15,16)17)11(14)18-19-12(9)21/h4,6,8H,2-3,5,7H2,1H3/t8-/m1/s1. The molecule has 1 fully saturated rings.